The minimum atomic E-state index is -0.418. The van der Waals surface area contributed by atoms with Gasteiger partial charge in [0.1, 0.15) is 12.1 Å². The number of nitrogens with zero attached hydrogens (tertiary/aromatic N) is 2. The van der Waals surface area contributed by atoms with Crippen molar-refractivity contribution in [1.29, 1.82) is 0 Å². The number of rotatable bonds is 5. The third-order valence-electron chi connectivity index (χ3n) is 2.88. The van der Waals surface area contributed by atoms with Crippen LogP contribution in [-0.2, 0) is 16.2 Å². The van der Waals surface area contributed by atoms with Crippen LogP contribution in [0.25, 0.3) is 11.1 Å². The number of hydrogen-bond acceptors (Lipinski definition) is 5. The molecule has 0 fully saturated rings. The van der Waals surface area contributed by atoms with E-state index in [1.165, 1.54) is 6.92 Å². The second-order valence-corrected chi connectivity index (χ2v) is 4.57. The van der Waals surface area contributed by atoms with Gasteiger partial charge in [0, 0.05) is 6.92 Å². The Morgan fingerprint density at radius 3 is 2.59 bits per heavy atom. The van der Waals surface area contributed by atoms with E-state index in [4.69, 9.17) is 14.1 Å². The van der Waals surface area contributed by atoms with E-state index in [0.29, 0.717) is 11.1 Å². The molecule has 0 unspecified atom stereocenters. The maximum atomic E-state index is 11.6. The summed E-state index contributed by atoms with van der Waals surface area (Å²) in [6.07, 6.45) is -0.0514. The molecule has 0 bridgehead atoms. The molecule has 2 aromatic carbocycles. The Hall–Kier alpha value is -2.86. The summed E-state index contributed by atoms with van der Waals surface area (Å²) in [5.41, 5.74) is 2.13. The van der Waals surface area contributed by atoms with Crippen LogP contribution in [-0.4, -0.2) is 16.1 Å². The molecule has 0 saturated carbocycles. The topological polar surface area (TPSA) is 64.8 Å². The smallest absolute Gasteiger partial charge is 0.407 e. The molecule has 3 rings (SSSR count). The number of para-hydroxylation sites is 2. The van der Waals surface area contributed by atoms with Crippen molar-refractivity contribution in [1.82, 2.24) is 10.2 Å². The molecule has 0 atom stereocenters. The molecular formula is C16H14N2O4. The highest BCUT2D eigenvalue weighted by Crippen LogP contribution is 2.21. The van der Waals surface area contributed by atoms with Crippen LogP contribution in [0.4, 0.5) is 0 Å². The lowest BCUT2D eigenvalue weighted by Crippen LogP contribution is -2.32. The average molecular weight is 298 g/mol. The fourth-order valence-corrected chi connectivity index (χ4v) is 1.85. The molecule has 6 nitrogen and oxygen atoms in total. The number of fused-ring (bicyclic) bond motifs is 1. The summed E-state index contributed by atoms with van der Waals surface area (Å²) in [6.45, 7) is 1.52. The lowest BCUT2D eigenvalue weighted by molar-refractivity contribution is -0.307. The lowest BCUT2D eigenvalue weighted by atomic mass is 10.2. The Balaban J connectivity index is 1.70. The van der Waals surface area contributed by atoms with Gasteiger partial charge in [-0.1, -0.05) is 42.5 Å². The number of benzene rings is 2. The molecule has 1 aromatic heterocycles. The first-order valence-corrected chi connectivity index (χ1v) is 6.73. The van der Waals surface area contributed by atoms with Crippen molar-refractivity contribution in [2.45, 2.75) is 13.5 Å². The van der Waals surface area contributed by atoms with Gasteiger partial charge < -0.3 is 4.42 Å². The number of oxazole rings is 1. The van der Waals surface area contributed by atoms with Gasteiger partial charge in [-0.3, -0.25) is 9.63 Å². The van der Waals surface area contributed by atoms with E-state index in [0.717, 1.165) is 10.8 Å². The molecule has 0 N–H and O–H groups in total. The highest BCUT2D eigenvalue weighted by Gasteiger charge is 2.16. The van der Waals surface area contributed by atoms with Gasteiger partial charge in [0.05, 0.1) is 0 Å². The highest BCUT2D eigenvalue weighted by molar-refractivity contribution is 5.73. The monoisotopic (exact) mass is 298 g/mol. The minimum absolute atomic E-state index is 0.0514. The van der Waals surface area contributed by atoms with Crippen molar-refractivity contribution in [2.75, 3.05) is 0 Å². The first-order chi connectivity index (χ1) is 10.7. The number of aromatic nitrogens is 1. The van der Waals surface area contributed by atoms with E-state index in [1.807, 2.05) is 42.5 Å². The third kappa shape index (κ3) is 3.24. The van der Waals surface area contributed by atoms with E-state index in [1.54, 1.807) is 12.1 Å². The fraction of sp³-hybridized carbons (Fsp3) is 0.125. The molecule has 1 amide bonds. The van der Waals surface area contributed by atoms with E-state index in [9.17, 15) is 4.79 Å². The number of hydrogen-bond donors (Lipinski definition) is 0. The van der Waals surface area contributed by atoms with Crippen molar-refractivity contribution >= 4 is 17.0 Å². The van der Waals surface area contributed by atoms with Gasteiger partial charge in [-0.25, -0.2) is 4.84 Å². The summed E-state index contributed by atoms with van der Waals surface area (Å²) in [7, 11) is 0. The zero-order valence-electron chi connectivity index (χ0n) is 11.9. The maximum absolute atomic E-state index is 11.6. The zero-order valence-corrected chi connectivity index (χ0v) is 11.9. The van der Waals surface area contributed by atoms with Crippen LogP contribution in [0.15, 0.2) is 59.0 Å². The van der Waals surface area contributed by atoms with Gasteiger partial charge in [-0.15, -0.1) is 0 Å². The van der Waals surface area contributed by atoms with Gasteiger partial charge in [0.15, 0.2) is 5.58 Å². The normalized spacial score (nSPS) is 10.6. The summed E-state index contributed by atoms with van der Waals surface area (Å²) < 4.78 is 5.39. The predicted octanol–water partition coefficient (Wildman–Crippen LogP) is 3.10. The molecule has 0 saturated heterocycles. The fourth-order valence-electron chi connectivity index (χ4n) is 1.85. The Morgan fingerprint density at radius 1 is 1.14 bits per heavy atom. The summed E-state index contributed by atoms with van der Waals surface area (Å²) in [5, 5.41) is 0.762. The molecule has 1 heterocycles. The second kappa shape index (κ2) is 6.28. The van der Waals surface area contributed by atoms with E-state index in [-0.39, 0.29) is 12.7 Å². The van der Waals surface area contributed by atoms with Crippen molar-refractivity contribution < 1.29 is 18.9 Å². The van der Waals surface area contributed by atoms with Crippen molar-refractivity contribution in [2.24, 2.45) is 0 Å². The molecule has 0 aliphatic carbocycles. The standard InChI is InChI=1S/C16H14N2O4/c1-12(19)18(20-11-13-7-3-2-4-8-13)22-16-17-14-9-5-6-10-15(14)21-16/h2-10H,11H2,1H3. The predicted molar refractivity (Wildman–Crippen MR) is 78.4 cm³/mol. The van der Waals surface area contributed by atoms with E-state index >= 15 is 0 Å². The molecule has 0 spiro atoms. The van der Waals surface area contributed by atoms with Crippen LogP contribution >= 0.6 is 0 Å². The number of carbonyl (C=O) groups excluding carboxylic acids is 1. The second-order valence-electron chi connectivity index (χ2n) is 4.57. The summed E-state index contributed by atoms with van der Waals surface area (Å²) in [6, 6.07) is 16.7. The highest BCUT2D eigenvalue weighted by atomic mass is 17.0. The van der Waals surface area contributed by atoms with Gasteiger partial charge in [-0.05, 0) is 22.9 Å². The Kier molecular flexibility index (Phi) is 4.02. The molecule has 0 aliphatic heterocycles. The Bertz CT molecular complexity index is 737. The third-order valence-corrected chi connectivity index (χ3v) is 2.88. The largest absolute Gasteiger partial charge is 0.422 e. The molecule has 22 heavy (non-hydrogen) atoms. The molecule has 6 heteroatoms. The van der Waals surface area contributed by atoms with Crippen molar-refractivity contribution in [3.05, 3.63) is 60.2 Å². The van der Waals surface area contributed by atoms with Crippen LogP contribution in [0.5, 0.6) is 6.08 Å². The van der Waals surface area contributed by atoms with Crippen LogP contribution in [0.2, 0.25) is 0 Å². The zero-order chi connectivity index (χ0) is 15.4. The Labute approximate surface area is 126 Å². The summed E-state index contributed by atoms with van der Waals surface area (Å²) >= 11 is 0. The molecule has 3 aromatic rings. The molecule has 0 radical (unpaired) electrons. The van der Waals surface area contributed by atoms with Crippen LogP contribution in [0.1, 0.15) is 12.5 Å². The van der Waals surface area contributed by atoms with Gasteiger partial charge >= 0.3 is 6.08 Å². The minimum Gasteiger partial charge on any atom is -0.407 e. The molecule has 112 valence electrons. The average Bonchev–Trinajstić information content (AvgIpc) is 2.94. The first kappa shape index (κ1) is 14.1. The Morgan fingerprint density at radius 2 is 1.86 bits per heavy atom. The molecule has 0 aliphatic rings. The van der Waals surface area contributed by atoms with E-state index in [2.05, 4.69) is 4.98 Å². The number of amides is 1. The number of hydroxylamine groups is 2. The summed E-state index contributed by atoms with van der Waals surface area (Å²) in [5.74, 6) is -0.418. The van der Waals surface area contributed by atoms with Gasteiger partial charge in [0.2, 0.25) is 0 Å². The first-order valence-electron chi connectivity index (χ1n) is 6.73. The van der Waals surface area contributed by atoms with Crippen molar-refractivity contribution in [3.63, 3.8) is 0 Å². The number of carbonyl (C=O) groups is 1. The SMILES string of the molecule is CC(=O)N(OCc1ccccc1)Oc1nc2ccccc2o1. The lowest BCUT2D eigenvalue weighted by Gasteiger charge is -2.16. The van der Waals surface area contributed by atoms with Crippen molar-refractivity contribution in [3.8, 4) is 6.08 Å². The van der Waals surface area contributed by atoms with Gasteiger partial charge in [0.25, 0.3) is 5.91 Å². The maximum Gasteiger partial charge on any atom is 0.422 e. The van der Waals surface area contributed by atoms with Crippen LogP contribution in [0, 0.1) is 0 Å². The summed E-state index contributed by atoms with van der Waals surface area (Å²) in [4.78, 5) is 26.3. The van der Waals surface area contributed by atoms with E-state index < -0.39 is 5.91 Å². The van der Waals surface area contributed by atoms with Crippen LogP contribution < -0.4 is 4.84 Å². The molecular weight excluding hydrogens is 284 g/mol. The van der Waals surface area contributed by atoms with Gasteiger partial charge in [-0.2, -0.15) is 4.98 Å². The van der Waals surface area contributed by atoms with Crippen LogP contribution in [0.3, 0.4) is 0 Å². The quantitative estimate of drug-likeness (QED) is 0.677.